The molecule has 0 aliphatic carbocycles. The van der Waals surface area contributed by atoms with Crippen LogP contribution in [0.3, 0.4) is 0 Å². The molecule has 120 valence electrons. The summed E-state index contributed by atoms with van der Waals surface area (Å²) in [5.74, 6) is -2.59. The minimum absolute atomic E-state index is 0.137. The van der Waals surface area contributed by atoms with E-state index in [1.165, 1.54) is 0 Å². The Morgan fingerprint density at radius 1 is 0.429 bits per heavy atom. The normalized spacial score (nSPS) is 13.7. The molecule has 0 radical (unpaired) electrons. The van der Waals surface area contributed by atoms with Crippen molar-refractivity contribution in [1.82, 2.24) is 0 Å². The van der Waals surface area contributed by atoms with Gasteiger partial charge in [-0.2, -0.15) is 0 Å². The first-order valence-corrected chi connectivity index (χ1v) is 7.32. The van der Waals surface area contributed by atoms with Crippen LogP contribution in [0.5, 0.6) is 0 Å². The molecule has 1 rings (SSSR count). The van der Waals surface area contributed by atoms with Gasteiger partial charge in [-0.1, -0.05) is 62.3 Å². The molecule has 21 heavy (non-hydrogen) atoms. The van der Waals surface area contributed by atoms with Crippen LogP contribution in [-0.2, 0) is 16.2 Å². The largest absolute Gasteiger partial charge is 0.206 e. The highest BCUT2D eigenvalue weighted by atomic mass is 19.2. The fraction of sp³-hybridized carbons (Fsp3) is 0.667. The second kappa shape index (κ2) is 5.03. The predicted molar refractivity (Wildman–Crippen MR) is 82.4 cm³/mol. The summed E-state index contributed by atoms with van der Waals surface area (Å²) in [5.41, 5.74) is -1.84. The third-order valence-electron chi connectivity index (χ3n) is 3.57. The molecule has 0 saturated heterocycles. The number of rotatable bonds is 0. The summed E-state index contributed by atoms with van der Waals surface area (Å²) in [6.45, 7) is 15.9. The van der Waals surface area contributed by atoms with E-state index in [4.69, 9.17) is 0 Å². The molecule has 0 aliphatic rings. The molecule has 0 fully saturated rings. The quantitative estimate of drug-likeness (QED) is 0.516. The number of halogens is 3. The first-order valence-electron chi connectivity index (χ1n) is 7.32. The average Bonchev–Trinajstić information content (AvgIpc) is 2.17. The van der Waals surface area contributed by atoms with Gasteiger partial charge in [0, 0.05) is 16.7 Å². The van der Waals surface area contributed by atoms with Gasteiger partial charge in [-0.25, -0.2) is 13.2 Å². The molecular formula is C18H27F3. The molecule has 1 aromatic carbocycles. The standard InChI is InChI=1S/C18H27F3/c1-16(2,3)10-11(17(4,5)6)14(20)15(21)12(13(10)19)18(7,8)9/h1-9H3. The van der Waals surface area contributed by atoms with Gasteiger partial charge in [0.25, 0.3) is 0 Å². The van der Waals surface area contributed by atoms with E-state index < -0.39 is 33.7 Å². The zero-order valence-corrected chi connectivity index (χ0v) is 14.6. The lowest BCUT2D eigenvalue weighted by Gasteiger charge is -2.34. The molecule has 0 bridgehead atoms. The van der Waals surface area contributed by atoms with Crippen LogP contribution in [0.2, 0.25) is 0 Å². The molecular weight excluding hydrogens is 273 g/mol. The van der Waals surface area contributed by atoms with Crippen molar-refractivity contribution in [2.24, 2.45) is 0 Å². The van der Waals surface area contributed by atoms with E-state index in [0.717, 1.165) is 0 Å². The Kier molecular flexibility index (Phi) is 4.33. The van der Waals surface area contributed by atoms with Crippen LogP contribution >= 0.6 is 0 Å². The van der Waals surface area contributed by atoms with Gasteiger partial charge in [0.2, 0.25) is 0 Å². The molecule has 0 aliphatic heterocycles. The van der Waals surface area contributed by atoms with Crippen LogP contribution in [0, 0.1) is 17.5 Å². The van der Waals surface area contributed by atoms with Crippen molar-refractivity contribution in [3.8, 4) is 0 Å². The topological polar surface area (TPSA) is 0 Å². The van der Waals surface area contributed by atoms with Crippen LogP contribution in [0.1, 0.15) is 79.0 Å². The highest BCUT2D eigenvalue weighted by Gasteiger charge is 2.38. The molecule has 0 spiro atoms. The first-order chi connectivity index (χ1) is 9.10. The molecule has 0 amide bonds. The Bertz CT molecular complexity index is 550. The number of hydrogen-bond acceptors (Lipinski definition) is 0. The Balaban J connectivity index is 4.05. The van der Waals surface area contributed by atoms with Crippen molar-refractivity contribution in [2.45, 2.75) is 78.6 Å². The number of hydrogen-bond donors (Lipinski definition) is 0. The summed E-state index contributed by atoms with van der Waals surface area (Å²) in [4.78, 5) is 0. The SMILES string of the molecule is CC(C)(C)c1c(F)c(F)c(C(C)(C)C)c(C(C)(C)C)c1F. The van der Waals surface area contributed by atoms with Gasteiger partial charge in [-0.3, -0.25) is 0 Å². The summed E-state index contributed by atoms with van der Waals surface area (Å²) in [7, 11) is 0. The van der Waals surface area contributed by atoms with E-state index in [9.17, 15) is 8.78 Å². The Morgan fingerprint density at radius 2 is 0.667 bits per heavy atom. The third kappa shape index (κ3) is 3.27. The smallest absolute Gasteiger partial charge is 0.165 e. The van der Waals surface area contributed by atoms with Gasteiger partial charge in [-0.05, 0) is 16.2 Å². The maximum absolute atomic E-state index is 15.1. The fourth-order valence-corrected chi connectivity index (χ4v) is 2.73. The van der Waals surface area contributed by atoms with Gasteiger partial charge in [-0.15, -0.1) is 0 Å². The third-order valence-corrected chi connectivity index (χ3v) is 3.57. The van der Waals surface area contributed by atoms with Gasteiger partial charge in [0.05, 0.1) is 0 Å². The lowest BCUT2D eigenvalue weighted by atomic mass is 9.71. The summed E-state index contributed by atoms with van der Waals surface area (Å²) in [5, 5.41) is 0. The van der Waals surface area contributed by atoms with Gasteiger partial charge >= 0.3 is 0 Å². The van der Waals surface area contributed by atoms with Crippen LogP contribution < -0.4 is 0 Å². The monoisotopic (exact) mass is 300 g/mol. The maximum atomic E-state index is 15.1. The van der Waals surface area contributed by atoms with E-state index in [2.05, 4.69) is 0 Å². The van der Waals surface area contributed by atoms with Crippen molar-refractivity contribution < 1.29 is 13.2 Å². The van der Waals surface area contributed by atoms with E-state index in [0.29, 0.717) is 0 Å². The second-order valence-electron chi connectivity index (χ2n) is 8.82. The Labute approximate surface area is 126 Å². The molecule has 0 unspecified atom stereocenters. The van der Waals surface area contributed by atoms with E-state index in [1.54, 1.807) is 41.5 Å². The summed E-state index contributed by atoms with van der Waals surface area (Å²) < 4.78 is 44.3. The van der Waals surface area contributed by atoms with Gasteiger partial charge in [0.1, 0.15) is 5.82 Å². The van der Waals surface area contributed by atoms with E-state index >= 15 is 4.39 Å². The van der Waals surface area contributed by atoms with Crippen LogP contribution in [0.25, 0.3) is 0 Å². The lowest BCUT2D eigenvalue weighted by Crippen LogP contribution is -2.30. The van der Waals surface area contributed by atoms with Crippen molar-refractivity contribution in [3.63, 3.8) is 0 Å². The van der Waals surface area contributed by atoms with Crippen LogP contribution in [0.4, 0.5) is 13.2 Å². The molecule has 0 aromatic heterocycles. The van der Waals surface area contributed by atoms with Gasteiger partial charge < -0.3 is 0 Å². The predicted octanol–water partition coefficient (Wildman–Crippen LogP) is 6.00. The summed E-state index contributed by atoms with van der Waals surface area (Å²) >= 11 is 0. The van der Waals surface area contributed by atoms with Crippen molar-refractivity contribution >= 4 is 0 Å². The molecule has 0 heterocycles. The number of benzene rings is 1. The van der Waals surface area contributed by atoms with Gasteiger partial charge in [0.15, 0.2) is 11.6 Å². The molecule has 3 heteroatoms. The van der Waals surface area contributed by atoms with Crippen molar-refractivity contribution in [1.29, 1.82) is 0 Å². The van der Waals surface area contributed by atoms with Crippen molar-refractivity contribution in [2.75, 3.05) is 0 Å². The van der Waals surface area contributed by atoms with Crippen LogP contribution in [-0.4, -0.2) is 0 Å². The van der Waals surface area contributed by atoms with Crippen molar-refractivity contribution in [3.05, 3.63) is 34.1 Å². The molecule has 0 nitrogen and oxygen atoms in total. The molecule has 0 atom stereocenters. The van der Waals surface area contributed by atoms with Crippen LogP contribution in [0.15, 0.2) is 0 Å². The highest BCUT2D eigenvalue weighted by Crippen LogP contribution is 2.42. The molecule has 1 aromatic rings. The van der Waals surface area contributed by atoms with E-state index in [1.807, 2.05) is 20.8 Å². The molecule has 0 N–H and O–H groups in total. The fourth-order valence-electron chi connectivity index (χ4n) is 2.73. The zero-order valence-electron chi connectivity index (χ0n) is 14.6. The van der Waals surface area contributed by atoms with E-state index in [-0.39, 0.29) is 16.7 Å². The minimum Gasteiger partial charge on any atom is -0.206 e. The summed E-state index contributed by atoms with van der Waals surface area (Å²) in [6.07, 6.45) is 0. The lowest BCUT2D eigenvalue weighted by molar-refractivity contribution is 0.390. The maximum Gasteiger partial charge on any atom is 0.165 e. The summed E-state index contributed by atoms with van der Waals surface area (Å²) in [6, 6.07) is 0. The zero-order chi connectivity index (χ0) is 17.0. The first kappa shape index (κ1) is 18.1. The Hall–Kier alpha value is -0.990. The molecule has 0 saturated carbocycles. The second-order valence-corrected chi connectivity index (χ2v) is 8.82. The minimum atomic E-state index is -1.06. The highest BCUT2D eigenvalue weighted by molar-refractivity contribution is 5.46. The Morgan fingerprint density at radius 3 is 0.952 bits per heavy atom. The average molecular weight is 300 g/mol.